The zero-order valence-electron chi connectivity index (χ0n) is 8.48. The highest BCUT2D eigenvalue weighted by Crippen LogP contribution is 2.22. The van der Waals surface area contributed by atoms with Crippen LogP contribution in [0.15, 0.2) is 12.4 Å². The molecule has 14 heavy (non-hydrogen) atoms. The molecule has 1 fully saturated rings. The Bertz CT molecular complexity index is 295. The van der Waals surface area contributed by atoms with Crippen molar-refractivity contribution in [2.45, 2.75) is 32.4 Å². The second kappa shape index (κ2) is 3.92. The Kier molecular flexibility index (Phi) is 2.63. The van der Waals surface area contributed by atoms with Crippen molar-refractivity contribution in [1.29, 1.82) is 0 Å². The molecule has 1 saturated heterocycles. The standard InChI is InChI=1S/C10H16N4/c1-8-3-2-4-14(8)10-7-12-9(5-11)6-13-10/h6-8H,2-5,11H2,1H3. The second-order valence-corrected chi connectivity index (χ2v) is 3.75. The van der Waals surface area contributed by atoms with Crippen molar-refractivity contribution in [3.05, 3.63) is 18.1 Å². The van der Waals surface area contributed by atoms with E-state index in [1.165, 1.54) is 12.8 Å². The van der Waals surface area contributed by atoms with Crippen molar-refractivity contribution in [2.75, 3.05) is 11.4 Å². The minimum atomic E-state index is 0.461. The van der Waals surface area contributed by atoms with Crippen LogP contribution in [-0.4, -0.2) is 22.6 Å². The summed E-state index contributed by atoms with van der Waals surface area (Å²) in [4.78, 5) is 10.9. The van der Waals surface area contributed by atoms with Crippen LogP contribution in [0, 0.1) is 0 Å². The highest BCUT2D eigenvalue weighted by Gasteiger charge is 2.21. The molecule has 1 atom stereocenters. The summed E-state index contributed by atoms with van der Waals surface area (Å²) in [6.07, 6.45) is 6.09. The number of anilines is 1. The number of rotatable bonds is 2. The fourth-order valence-electron chi connectivity index (χ4n) is 1.88. The monoisotopic (exact) mass is 192 g/mol. The molecule has 2 N–H and O–H groups in total. The quantitative estimate of drug-likeness (QED) is 0.757. The van der Waals surface area contributed by atoms with E-state index in [9.17, 15) is 0 Å². The largest absolute Gasteiger partial charge is 0.353 e. The van der Waals surface area contributed by atoms with Crippen molar-refractivity contribution in [3.8, 4) is 0 Å². The van der Waals surface area contributed by atoms with Gasteiger partial charge < -0.3 is 10.6 Å². The Hall–Kier alpha value is -1.16. The molecule has 2 heterocycles. The fraction of sp³-hybridized carbons (Fsp3) is 0.600. The SMILES string of the molecule is CC1CCCN1c1cnc(CN)cn1. The van der Waals surface area contributed by atoms with Gasteiger partial charge in [0.15, 0.2) is 0 Å². The van der Waals surface area contributed by atoms with Gasteiger partial charge in [0, 0.05) is 19.1 Å². The van der Waals surface area contributed by atoms with Crippen LogP contribution in [0.3, 0.4) is 0 Å². The lowest BCUT2D eigenvalue weighted by Crippen LogP contribution is -2.27. The third-order valence-electron chi connectivity index (χ3n) is 2.75. The molecule has 4 heteroatoms. The molecule has 0 amide bonds. The van der Waals surface area contributed by atoms with Crippen molar-refractivity contribution in [1.82, 2.24) is 9.97 Å². The van der Waals surface area contributed by atoms with Crippen molar-refractivity contribution in [2.24, 2.45) is 5.73 Å². The Morgan fingerprint density at radius 1 is 1.50 bits per heavy atom. The zero-order chi connectivity index (χ0) is 9.97. The van der Waals surface area contributed by atoms with Gasteiger partial charge in [0.25, 0.3) is 0 Å². The molecule has 76 valence electrons. The molecule has 1 unspecified atom stereocenters. The molecular weight excluding hydrogens is 176 g/mol. The van der Waals surface area contributed by atoms with Crippen molar-refractivity contribution in [3.63, 3.8) is 0 Å². The van der Waals surface area contributed by atoms with Gasteiger partial charge in [-0.15, -0.1) is 0 Å². The van der Waals surface area contributed by atoms with E-state index in [1.54, 1.807) is 6.20 Å². The van der Waals surface area contributed by atoms with Crippen LogP contribution in [0.25, 0.3) is 0 Å². The Morgan fingerprint density at radius 2 is 2.36 bits per heavy atom. The van der Waals surface area contributed by atoms with E-state index in [4.69, 9.17) is 5.73 Å². The molecule has 1 aliphatic heterocycles. The lowest BCUT2D eigenvalue weighted by Gasteiger charge is -2.21. The van der Waals surface area contributed by atoms with Gasteiger partial charge >= 0.3 is 0 Å². The summed E-state index contributed by atoms with van der Waals surface area (Å²) in [5, 5.41) is 0. The highest BCUT2D eigenvalue weighted by molar-refractivity contribution is 5.38. The van der Waals surface area contributed by atoms with E-state index >= 15 is 0 Å². The lowest BCUT2D eigenvalue weighted by atomic mass is 10.2. The molecular formula is C10H16N4. The van der Waals surface area contributed by atoms with Crippen LogP contribution < -0.4 is 10.6 Å². The molecule has 2 rings (SSSR count). The van der Waals surface area contributed by atoms with E-state index in [2.05, 4.69) is 21.8 Å². The minimum absolute atomic E-state index is 0.461. The second-order valence-electron chi connectivity index (χ2n) is 3.75. The third-order valence-corrected chi connectivity index (χ3v) is 2.75. The van der Waals surface area contributed by atoms with E-state index < -0.39 is 0 Å². The van der Waals surface area contributed by atoms with Gasteiger partial charge in [0.2, 0.25) is 0 Å². The molecule has 1 aromatic heterocycles. The molecule has 1 aliphatic rings. The summed E-state index contributed by atoms with van der Waals surface area (Å²) in [6.45, 7) is 3.78. The first kappa shape index (κ1) is 9.40. The van der Waals surface area contributed by atoms with Gasteiger partial charge in [0.1, 0.15) is 5.82 Å². The Labute approximate surface area is 84.2 Å². The van der Waals surface area contributed by atoms with Crippen molar-refractivity contribution < 1.29 is 0 Å². The van der Waals surface area contributed by atoms with Gasteiger partial charge in [0.05, 0.1) is 18.1 Å². The van der Waals surface area contributed by atoms with Crippen LogP contribution in [0.5, 0.6) is 0 Å². The van der Waals surface area contributed by atoms with Gasteiger partial charge in [-0.3, -0.25) is 4.98 Å². The molecule has 0 saturated carbocycles. The van der Waals surface area contributed by atoms with Crippen LogP contribution in [0.2, 0.25) is 0 Å². The molecule has 1 aromatic rings. The molecule has 4 nitrogen and oxygen atoms in total. The van der Waals surface area contributed by atoms with Crippen molar-refractivity contribution >= 4 is 5.82 Å². The van der Waals surface area contributed by atoms with Gasteiger partial charge in [-0.25, -0.2) is 4.98 Å². The number of nitrogens with zero attached hydrogens (tertiary/aromatic N) is 3. The predicted molar refractivity (Wildman–Crippen MR) is 56.0 cm³/mol. The number of hydrogen-bond acceptors (Lipinski definition) is 4. The highest BCUT2D eigenvalue weighted by atomic mass is 15.2. The summed E-state index contributed by atoms with van der Waals surface area (Å²) in [7, 11) is 0. The van der Waals surface area contributed by atoms with E-state index in [-0.39, 0.29) is 0 Å². The number of aromatic nitrogens is 2. The smallest absolute Gasteiger partial charge is 0.147 e. The first-order valence-corrected chi connectivity index (χ1v) is 5.09. The first-order valence-electron chi connectivity index (χ1n) is 5.09. The van der Waals surface area contributed by atoms with E-state index in [0.29, 0.717) is 12.6 Å². The molecule has 0 radical (unpaired) electrons. The maximum Gasteiger partial charge on any atom is 0.147 e. The molecule has 0 bridgehead atoms. The van der Waals surface area contributed by atoms with Crippen LogP contribution in [0.1, 0.15) is 25.5 Å². The normalized spacial score (nSPS) is 21.6. The molecule has 0 aromatic carbocycles. The third kappa shape index (κ3) is 1.70. The summed E-state index contributed by atoms with van der Waals surface area (Å²) in [6, 6.07) is 0.591. The zero-order valence-corrected chi connectivity index (χ0v) is 8.48. The van der Waals surface area contributed by atoms with E-state index in [0.717, 1.165) is 18.1 Å². The number of nitrogens with two attached hydrogens (primary N) is 1. The summed E-state index contributed by atoms with van der Waals surface area (Å²) >= 11 is 0. The molecule has 0 aliphatic carbocycles. The van der Waals surface area contributed by atoms with Gasteiger partial charge in [-0.1, -0.05) is 0 Å². The minimum Gasteiger partial charge on any atom is -0.353 e. The average Bonchev–Trinajstić information content (AvgIpc) is 2.65. The first-order chi connectivity index (χ1) is 6.81. The van der Waals surface area contributed by atoms with Crippen LogP contribution in [-0.2, 0) is 6.54 Å². The topological polar surface area (TPSA) is 55.0 Å². The van der Waals surface area contributed by atoms with Crippen LogP contribution >= 0.6 is 0 Å². The number of hydrogen-bond donors (Lipinski definition) is 1. The summed E-state index contributed by atoms with van der Waals surface area (Å²) in [5.74, 6) is 0.979. The van der Waals surface area contributed by atoms with E-state index in [1.807, 2.05) is 6.20 Å². The van der Waals surface area contributed by atoms with Gasteiger partial charge in [-0.05, 0) is 19.8 Å². The van der Waals surface area contributed by atoms with Gasteiger partial charge in [-0.2, -0.15) is 0 Å². The Morgan fingerprint density at radius 3 is 2.86 bits per heavy atom. The average molecular weight is 192 g/mol. The summed E-state index contributed by atoms with van der Waals surface area (Å²) in [5.41, 5.74) is 6.31. The van der Waals surface area contributed by atoms with Crippen LogP contribution in [0.4, 0.5) is 5.82 Å². The maximum atomic E-state index is 5.46. The summed E-state index contributed by atoms with van der Waals surface area (Å²) < 4.78 is 0. The molecule has 0 spiro atoms. The Balaban J connectivity index is 2.16. The maximum absolute atomic E-state index is 5.46. The predicted octanol–water partition coefficient (Wildman–Crippen LogP) is 0.924. The fourth-order valence-corrected chi connectivity index (χ4v) is 1.88. The lowest BCUT2D eigenvalue weighted by molar-refractivity contribution is 0.724.